The van der Waals surface area contributed by atoms with Gasteiger partial charge in [-0.1, -0.05) is 30.3 Å². The van der Waals surface area contributed by atoms with Crippen LogP contribution in [0, 0.1) is 28.6 Å². The average Bonchev–Trinajstić information content (AvgIpc) is 2.70. The minimum atomic E-state index is -1.12. The maximum absolute atomic E-state index is 11.6. The molecule has 9 nitrogen and oxygen atoms in total. The fraction of sp³-hybridized carbons (Fsp3) is 0.500. The minimum Gasteiger partial charge on any atom is -0.457 e. The molecule has 154 valence electrons. The highest BCUT2D eigenvalue weighted by Crippen LogP contribution is 2.32. The largest absolute Gasteiger partial charge is 0.457 e. The van der Waals surface area contributed by atoms with Crippen molar-refractivity contribution in [3.63, 3.8) is 0 Å². The zero-order valence-corrected chi connectivity index (χ0v) is 16.3. The molecule has 9 heteroatoms. The lowest BCUT2D eigenvalue weighted by Crippen LogP contribution is -2.58. The molecule has 1 saturated heterocycles. The van der Waals surface area contributed by atoms with Gasteiger partial charge in [-0.05, 0) is 5.56 Å². The van der Waals surface area contributed by atoms with Crippen LogP contribution in [-0.4, -0.2) is 50.3 Å². The smallest absolute Gasteiger partial charge is 0.303 e. The number of benzene rings is 1. The third kappa shape index (κ3) is 5.75. The lowest BCUT2D eigenvalue weighted by Gasteiger charge is -2.42. The highest BCUT2D eigenvalue weighted by molar-refractivity contribution is 5.67. The lowest BCUT2D eigenvalue weighted by atomic mass is 9.91. The van der Waals surface area contributed by atoms with Crippen molar-refractivity contribution in [2.75, 3.05) is 13.7 Å². The fourth-order valence-corrected chi connectivity index (χ4v) is 3.07. The molecule has 6 atom stereocenters. The van der Waals surface area contributed by atoms with Gasteiger partial charge in [-0.15, -0.1) is 0 Å². The zero-order chi connectivity index (χ0) is 21.4. The minimum absolute atomic E-state index is 0.166. The highest BCUT2D eigenvalue weighted by atomic mass is 16.7. The van der Waals surface area contributed by atoms with E-state index >= 15 is 0 Å². The zero-order valence-electron chi connectivity index (χ0n) is 16.3. The van der Waals surface area contributed by atoms with Gasteiger partial charge in [0.25, 0.3) is 0 Å². The molecule has 0 radical (unpaired) electrons. The summed E-state index contributed by atoms with van der Waals surface area (Å²) in [7, 11) is 1.34. The molecule has 29 heavy (non-hydrogen) atoms. The third-order valence-corrected chi connectivity index (χ3v) is 4.28. The van der Waals surface area contributed by atoms with E-state index < -0.39 is 48.6 Å². The van der Waals surface area contributed by atoms with Crippen molar-refractivity contribution in [3.05, 3.63) is 35.9 Å². The number of carbonyl (C=O) groups is 2. The Morgan fingerprint density at radius 2 is 1.72 bits per heavy atom. The van der Waals surface area contributed by atoms with Crippen LogP contribution < -0.4 is 0 Å². The van der Waals surface area contributed by atoms with Crippen molar-refractivity contribution < 1.29 is 33.3 Å². The topological polar surface area (TPSA) is 128 Å². The first-order chi connectivity index (χ1) is 13.9. The van der Waals surface area contributed by atoms with Gasteiger partial charge < -0.3 is 23.7 Å². The Hall–Kier alpha value is -2.98. The van der Waals surface area contributed by atoms with Crippen LogP contribution in [0.3, 0.4) is 0 Å². The van der Waals surface area contributed by atoms with Crippen molar-refractivity contribution in [1.29, 1.82) is 10.5 Å². The second kappa shape index (κ2) is 10.5. The third-order valence-electron chi connectivity index (χ3n) is 4.28. The van der Waals surface area contributed by atoms with Crippen LogP contribution in [0.2, 0.25) is 0 Å². The van der Waals surface area contributed by atoms with Gasteiger partial charge in [0.1, 0.15) is 12.0 Å². The maximum Gasteiger partial charge on any atom is 0.303 e. The van der Waals surface area contributed by atoms with Gasteiger partial charge in [-0.3, -0.25) is 9.59 Å². The van der Waals surface area contributed by atoms with Crippen LogP contribution in [0.15, 0.2) is 30.3 Å². The number of hydrogen-bond acceptors (Lipinski definition) is 9. The first-order valence-electron chi connectivity index (χ1n) is 8.89. The number of ether oxygens (including phenoxy) is 5. The number of methoxy groups -OCH3 is 1. The number of nitrogens with zero attached hydrogens (tertiary/aromatic N) is 2. The number of rotatable bonds is 7. The van der Waals surface area contributed by atoms with Crippen LogP contribution in [-0.2, 0) is 33.3 Å². The Morgan fingerprint density at radius 1 is 1.10 bits per heavy atom. The summed E-state index contributed by atoms with van der Waals surface area (Å²) in [5, 5.41) is 18.9. The predicted molar refractivity (Wildman–Crippen MR) is 96.6 cm³/mol. The summed E-state index contributed by atoms with van der Waals surface area (Å²) in [4.78, 5) is 23.2. The molecule has 0 spiro atoms. The number of hydrogen-bond donors (Lipinski definition) is 0. The summed E-state index contributed by atoms with van der Waals surface area (Å²) >= 11 is 0. The van der Waals surface area contributed by atoms with Gasteiger partial charge in [0.15, 0.2) is 24.6 Å². The van der Waals surface area contributed by atoms with E-state index in [2.05, 4.69) is 0 Å². The van der Waals surface area contributed by atoms with Crippen molar-refractivity contribution in [3.8, 4) is 12.1 Å². The van der Waals surface area contributed by atoms with E-state index in [0.29, 0.717) is 5.56 Å². The molecule has 1 fully saturated rings. The first kappa shape index (κ1) is 22.3. The van der Waals surface area contributed by atoms with Gasteiger partial charge in [0.05, 0.1) is 18.7 Å². The van der Waals surface area contributed by atoms with Crippen molar-refractivity contribution in [2.45, 2.75) is 44.6 Å². The molecule has 0 aliphatic carbocycles. The summed E-state index contributed by atoms with van der Waals surface area (Å²) in [5.74, 6) is -2.32. The highest BCUT2D eigenvalue weighted by Gasteiger charge is 2.50. The average molecular weight is 402 g/mol. The number of esters is 2. The van der Waals surface area contributed by atoms with E-state index in [4.69, 9.17) is 23.7 Å². The molecular weight excluding hydrogens is 380 g/mol. The fourth-order valence-electron chi connectivity index (χ4n) is 3.07. The molecular formula is C20H22N2O7. The first-order valence-corrected chi connectivity index (χ1v) is 8.89. The second-order valence-corrected chi connectivity index (χ2v) is 6.33. The maximum atomic E-state index is 11.6. The molecule has 1 aromatic rings. The standard InChI is InChI=1S/C20H22N2O7/c1-12(23)27-18-15(9-21)20(25-3)29-17(19(18)28-13(2)24)11-26-16(10-22)14-7-5-4-6-8-14/h4-8,15-20H,11H2,1-3H3/t15-,16-,17+,18-,19+,20-/m0/s1. The Bertz CT molecular complexity index is 786. The SMILES string of the molecule is CO[C@H]1O[C@H](CO[C@@H](C#N)c2ccccc2)[C@@H](OC(C)=O)[C@@H](OC(C)=O)[C@@H]1C#N. The summed E-state index contributed by atoms with van der Waals surface area (Å²) < 4.78 is 27.2. The van der Waals surface area contributed by atoms with Gasteiger partial charge in [-0.2, -0.15) is 10.5 Å². The quantitative estimate of drug-likeness (QED) is 0.625. The van der Waals surface area contributed by atoms with Crippen LogP contribution >= 0.6 is 0 Å². The monoisotopic (exact) mass is 402 g/mol. The van der Waals surface area contributed by atoms with E-state index in [1.165, 1.54) is 21.0 Å². The van der Waals surface area contributed by atoms with Gasteiger partial charge >= 0.3 is 11.9 Å². The molecule has 1 aliphatic rings. The summed E-state index contributed by atoms with van der Waals surface area (Å²) in [5.41, 5.74) is 0.643. The Kier molecular flexibility index (Phi) is 8.10. The van der Waals surface area contributed by atoms with Crippen molar-refractivity contribution in [2.24, 2.45) is 5.92 Å². The molecule has 1 aromatic carbocycles. The van der Waals surface area contributed by atoms with Crippen molar-refractivity contribution >= 4 is 11.9 Å². The van der Waals surface area contributed by atoms with E-state index in [0.717, 1.165) is 0 Å². The summed E-state index contributed by atoms with van der Waals surface area (Å²) in [6.45, 7) is 2.21. The summed E-state index contributed by atoms with van der Waals surface area (Å²) in [6.07, 6.45) is -5.09. The Balaban J connectivity index is 2.26. The normalized spacial score (nSPS) is 27.1. The molecule has 0 N–H and O–H groups in total. The molecule has 0 amide bonds. The molecule has 0 bridgehead atoms. The van der Waals surface area contributed by atoms with Gasteiger partial charge in [0, 0.05) is 21.0 Å². The molecule has 0 unspecified atom stereocenters. The van der Waals surface area contributed by atoms with Crippen LogP contribution in [0.1, 0.15) is 25.5 Å². The van der Waals surface area contributed by atoms with E-state index in [-0.39, 0.29) is 6.61 Å². The number of nitriles is 2. The van der Waals surface area contributed by atoms with E-state index in [1.54, 1.807) is 24.3 Å². The van der Waals surface area contributed by atoms with Crippen molar-refractivity contribution in [1.82, 2.24) is 0 Å². The summed E-state index contributed by atoms with van der Waals surface area (Å²) in [6, 6.07) is 12.9. The molecule has 0 aromatic heterocycles. The van der Waals surface area contributed by atoms with E-state index in [9.17, 15) is 20.1 Å². The lowest BCUT2D eigenvalue weighted by molar-refractivity contribution is -0.278. The van der Waals surface area contributed by atoms with Crippen LogP contribution in [0.5, 0.6) is 0 Å². The molecule has 1 aliphatic heterocycles. The molecule has 2 rings (SSSR count). The molecule has 0 saturated carbocycles. The number of carbonyl (C=O) groups excluding carboxylic acids is 2. The molecule has 1 heterocycles. The Labute approximate surface area is 168 Å². The van der Waals surface area contributed by atoms with Crippen LogP contribution in [0.25, 0.3) is 0 Å². The van der Waals surface area contributed by atoms with Gasteiger partial charge in [-0.25, -0.2) is 0 Å². The van der Waals surface area contributed by atoms with E-state index in [1.807, 2.05) is 18.2 Å². The predicted octanol–water partition coefficient (Wildman–Crippen LogP) is 1.64. The van der Waals surface area contributed by atoms with Crippen LogP contribution in [0.4, 0.5) is 0 Å². The Morgan fingerprint density at radius 3 is 2.24 bits per heavy atom. The second-order valence-electron chi connectivity index (χ2n) is 6.33. The van der Waals surface area contributed by atoms with Gasteiger partial charge in [0.2, 0.25) is 0 Å².